The molecule has 41 heavy (non-hydrogen) atoms. The van der Waals surface area contributed by atoms with E-state index in [1.165, 1.54) is 12.8 Å². The lowest BCUT2D eigenvalue weighted by molar-refractivity contribution is 0.0927. The Hall–Kier alpha value is -3.21. The predicted octanol–water partition coefficient (Wildman–Crippen LogP) is 5.92. The van der Waals surface area contributed by atoms with Gasteiger partial charge in [-0.3, -0.25) is 9.71 Å². The van der Waals surface area contributed by atoms with Gasteiger partial charge in [0.2, 0.25) is 16.0 Å². The van der Waals surface area contributed by atoms with Gasteiger partial charge in [0.05, 0.1) is 41.6 Å². The first-order valence-corrected chi connectivity index (χ1v) is 16.4. The van der Waals surface area contributed by atoms with Gasteiger partial charge in [-0.25, -0.2) is 18.4 Å². The number of sulfonamides is 1. The van der Waals surface area contributed by atoms with E-state index in [2.05, 4.69) is 38.2 Å². The second-order valence-corrected chi connectivity index (χ2v) is 13.5. The molecule has 216 valence electrons. The number of morpholine rings is 1. The van der Waals surface area contributed by atoms with E-state index in [9.17, 15) is 8.42 Å². The number of hydrogen-bond donors (Lipinski definition) is 1. The molecule has 2 aliphatic rings. The summed E-state index contributed by atoms with van der Waals surface area (Å²) in [4.78, 5) is 16.6. The van der Waals surface area contributed by atoms with Gasteiger partial charge in [0.15, 0.2) is 0 Å². The first-order chi connectivity index (χ1) is 19.7. The van der Waals surface area contributed by atoms with Crippen molar-refractivity contribution in [3.63, 3.8) is 0 Å². The zero-order valence-corrected chi connectivity index (χ0v) is 24.9. The molecule has 1 aliphatic heterocycles. The van der Waals surface area contributed by atoms with Crippen LogP contribution in [0.25, 0.3) is 22.3 Å². The molecule has 0 amide bonds. The van der Waals surface area contributed by atoms with Crippen molar-refractivity contribution in [1.29, 1.82) is 0 Å². The topological polar surface area (TPSA) is 102 Å². The largest absolute Gasteiger partial charge is 0.377 e. The number of aromatic nitrogens is 4. The third-order valence-electron chi connectivity index (χ3n) is 8.12. The lowest BCUT2D eigenvalue weighted by atomic mass is 9.83. The quantitative estimate of drug-likeness (QED) is 0.283. The molecule has 1 N–H and O–H groups in total. The summed E-state index contributed by atoms with van der Waals surface area (Å²) in [5.74, 6) is 2.29. The van der Waals surface area contributed by atoms with Crippen LogP contribution in [0, 0.1) is 11.8 Å². The van der Waals surface area contributed by atoms with Crippen LogP contribution >= 0.6 is 11.6 Å². The van der Waals surface area contributed by atoms with Crippen LogP contribution in [0.5, 0.6) is 0 Å². The number of imidazole rings is 1. The van der Waals surface area contributed by atoms with E-state index in [1.807, 2.05) is 18.2 Å². The maximum Gasteiger partial charge on any atom is 0.230 e. The van der Waals surface area contributed by atoms with Crippen molar-refractivity contribution < 1.29 is 13.2 Å². The number of anilines is 2. The fourth-order valence-electron chi connectivity index (χ4n) is 6.09. The Labute approximate surface area is 246 Å². The Bertz CT molecular complexity index is 1640. The zero-order chi connectivity index (χ0) is 28.6. The number of benzene rings is 1. The molecule has 1 aliphatic carbocycles. The summed E-state index contributed by atoms with van der Waals surface area (Å²) in [6.07, 6.45) is 9.13. The van der Waals surface area contributed by atoms with Crippen molar-refractivity contribution in [3.05, 3.63) is 65.4 Å². The molecule has 4 aromatic rings. The molecule has 11 heteroatoms. The smallest absolute Gasteiger partial charge is 0.230 e. The number of rotatable bonds is 7. The highest BCUT2D eigenvalue weighted by atomic mass is 35.5. The summed E-state index contributed by atoms with van der Waals surface area (Å²) in [5, 5.41) is 0.476. The molecular formula is C30H35ClN6O3S. The molecule has 9 nitrogen and oxygen atoms in total. The van der Waals surface area contributed by atoms with Crippen LogP contribution in [0.15, 0.2) is 54.9 Å². The van der Waals surface area contributed by atoms with Crippen molar-refractivity contribution in [2.45, 2.75) is 45.2 Å². The van der Waals surface area contributed by atoms with Gasteiger partial charge in [-0.2, -0.15) is 0 Å². The Kier molecular flexibility index (Phi) is 7.89. The third kappa shape index (κ3) is 6.19. The number of nitrogens with zero attached hydrogens (tertiary/aromatic N) is 5. The first kappa shape index (κ1) is 27.9. The molecule has 1 saturated carbocycles. The minimum atomic E-state index is -3.57. The molecule has 1 saturated heterocycles. The summed E-state index contributed by atoms with van der Waals surface area (Å²) >= 11 is 6.37. The second-order valence-electron chi connectivity index (χ2n) is 11.3. The van der Waals surface area contributed by atoms with E-state index in [4.69, 9.17) is 26.3 Å². The summed E-state index contributed by atoms with van der Waals surface area (Å²) in [7, 11) is -3.57. The SMILES string of the molecule is CC1CCC(Cn2c(N3CCOC[C@H]3c3ccccc3)nc3cc(NS(C)(=O)=O)nc(-c4cncc(Cl)c4)c32)CC1. The van der Waals surface area contributed by atoms with E-state index in [1.54, 1.807) is 24.5 Å². The molecule has 6 rings (SSSR count). The maximum atomic E-state index is 12.2. The van der Waals surface area contributed by atoms with E-state index < -0.39 is 10.0 Å². The van der Waals surface area contributed by atoms with Gasteiger partial charge < -0.3 is 14.2 Å². The Morgan fingerprint density at radius 3 is 2.59 bits per heavy atom. The van der Waals surface area contributed by atoms with Gasteiger partial charge in [0.25, 0.3) is 0 Å². The highest BCUT2D eigenvalue weighted by Crippen LogP contribution is 2.39. The number of fused-ring (bicyclic) bond motifs is 1. The van der Waals surface area contributed by atoms with Crippen LogP contribution in [0.4, 0.5) is 11.8 Å². The van der Waals surface area contributed by atoms with Crippen molar-refractivity contribution >= 4 is 44.4 Å². The molecule has 3 aromatic heterocycles. The molecule has 0 bridgehead atoms. The lowest BCUT2D eigenvalue weighted by Crippen LogP contribution is -2.41. The zero-order valence-electron chi connectivity index (χ0n) is 23.3. The molecule has 1 atom stereocenters. The number of halogens is 1. The fraction of sp³-hybridized carbons (Fsp3) is 0.433. The van der Waals surface area contributed by atoms with Gasteiger partial charge >= 0.3 is 0 Å². The predicted molar refractivity (Wildman–Crippen MR) is 163 cm³/mol. The van der Waals surface area contributed by atoms with Crippen LogP contribution in [0.2, 0.25) is 5.02 Å². The van der Waals surface area contributed by atoms with Crippen LogP contribution < -0.4 is 9.62 Å². The standard InChI is InChI=1S/C30H35ClN6O3S/c1-20-8-10-21(11-9-20)18-37-29-25(33-30(37)36-12-13-40-19-26(36)22-6-4-3-5-7-22)15-27(35-41(2,38)39)34-28(29)23-14-24(31)17-32-16-23/h3-7,14-17,20-21,26H,8-13,18-19H2,1-2H3,(H,34,35)/t20?,21?,26-/m0/s1. The first-order valence-electron chi connectivity index (χ1n) is 14.1. The van der Waals surface area contributed by atoms with Gasteiger partial charge in [-0.05, 0) is 36.3 Å². The van der Waals surface area contributed by atoms with E-state index in [0.29, 0.717) is 47.5 Å². The molecule has 2 fully saturated rings. The molecule has 1 aromatic carbocycles. The van der Waals surface area contributed by atoms with Crippen molar-refractivity contribution in [3.8, 4) is 11.3 Å². The monoisotopic (exact) mass is 594 g/mol. The molecular weight excluding hydrogens is 560 g/mol. The minimum absolute atomic E-state index is 0.00949. The Balaban J connectivity index is 1.56. The normalized spacial score (nSPS) is 21.7. The van der Waals surface area contributed by atoms with Crippen LogP contribution in [0.1, 0.15) is 44.2 Å². The Morgan fingerprint density at radius 1 is 1.07 bits per heavy atom. The van der Waals surface area contributed by atoms with E-state index >= 15 is 0 Å². The third-order valence-corrected chi connectivity index (χ3v) is 8.91. The molecule has 0 spiro atoms. The van der Waals surface area contributed by atoms with E-state index in [0.717, 1.165) is 48.6 Å². The van der Waals surface area contributed by atoms with Crippen molar-refractivity contribution in [2.75, 3.05) is 35.6 Å². The summed E-state index contributed by atoms with van der Waals surface area (Å²) < 4.78 is 35.2. The highest BCUT2D eigenvalue weighted by Gasteiger charge is 2.32. The van der Waals surface area contributed by atoms with Crippen LogP contribution in [-0.2, 0) is 21.3 Å². The summed E-state index contributed by atoms with van der Waals surface area (Å²) in [6.45, 7) is 4.95. The molecule has 0 radical (unpaired) electrons. The van der Waals surface area contributed by atoms with Crippen LogP contribution in [0.3, 0.4) is 0 Å². The highest BCUT2D eigenvalue weighted by molar-refractivity contribution is 7.92. The number of nitrogens with one attached hydrogen (secondary N) is 1. The van der Waals surface area contributed by atoms with Crippen LogP contribution in [-0.4, -0.2) is 54.0 Å². The maximum absolute atomic E-state index is 12.2. The van der Waals surface area contributed by atoms with Crippen molar-refractivity contribution in [2.24, 2.45) is 11.8 Å². The number of ether oxygens (including phenoxy) is 1. The average Bonchev–Trinajstić information content (AvgIpc) is 3.31. The van der Waals surface area contributed by atoms with Gasteiger partial charge in [0, 0.05) is 37.1 Å². The average molecular weight is 595 g/mol. The minimum Gasteiger partial charge on any atom is -0.377 e. The summed E-state index contributed by atoms with van der Waals surface area (Å²) in [6, 6.07) is 13.9. The van der Waals surface area contributed by atoms with Gasteiger partial charge in [-0.1, -0.05) is 61.7 Å². The number of hydrogen-bond acceptors (Lipinski definition) is 7. The summed E-state index contributed by atoms with van der Waals surface area (Å²) in [5.41, 5.74) is 3.97. The van der Waals surface area contributed by atoms with Gasteiger partial charge in [-0.15, -0.1) is 0 Å². The van der Waals surface area contributed by atoms with Gasteiger partial charge in [0.1, 0.15) is 11.5 Å². The molecule has 0 unspecified atom stereocenters. The van der Waals surface area contributed by atoms with Crippen molar-refractivity contribution in [1.82, 2.24) is 19.5 Å². The second kappa shape index (κ2) is 11.6. The lowest BCUT2D eigenvalue weighted by Gasteiger charge is -2.37. The Morgan fingerprint density at radius 2 is 1.85 bits per heavy atom. The molecule has 4 heterocycles. The fourth-order valence-corrected chi connectivity index (χ4v) is 6.74. The number of pyridine rings is 2. The van der Waals surface area contributed by atoms with E-state index in [-0.39, 0.29) is 11.9 Å².